The third kappa shape index (κ3) is 4.48. The fraction of sp³-hybridized carbons (Fsp3) is 0.143. The largest absolute Gasteiger partial charge is 0.322 e. The molecule has 126 valence electrons. The van der Waals surface area contributed by atoms with Crippen molar-refractivity contribution in [2.45, 2.75) is 24.6 Å². The number of benzene rings is 2. The highest BCUT2D eigenvalue weighted by Crippen LogP contribution is 2.28. The van der Waals surface area contributed by atoms with Gasteiger partial charge in [-0.3, -0.25) is 4.79 Å². The Morgan fingerprint density at radius 1 is 1.00 bits per heavy atom. The number of carbonyl (C=O) groups is 1. The van der Waals surface area contributed by atoms with Gasteiger partial charge in [0.2, 0.25) is 0 Å². The number of aryl methyl sites for hydroxylation is 2. The first-order valence-electron chi connectivity index (χ1n) is 8.15. The molecule has 0 radical (unpaired) electrons. The monoisotopic (exact) mass is 348 g/mol. The molecule has 0 unspecified atom stereocenters. The van der Waals surface area contributed by atoms with Crippen molar-refractivity contribution in [3.8, 4) is 0 Å². The summed E-state index contributed by atoms with van der Waals surface area (Å²) in [5, 5.41) is 3.74. The van der Waals surface area contributed by atoms with E-state index in [1.165, 1.54) is 5.56 Å². The van der Waals surface area contributed by atoms with Crippen LogP contribution in [0.15, 0.2) is 71.8 Å². The summed E-state index contributed by atoms with van der Waals surface area (Å²) in [6.45, 7) is 3.92. The molecule has 3 nitrogen and oxygen atoms in total. The Bertz CT molecular complexity index is 864. The second-order valence-electron chi connectivity index (χ2n) is 5.86. The average molecular weight is 348 g/mol. The van der Waals surface area contributed by atoms with Crippen molar-refractivity contribution in [1.29, 1.82) is 0 Å². The van der Waals surface area contributed by atoms with Gasteiger partial charge >= 0.3 is 0 Å². The number of amides is 1. The molecule has 0 bridgehead atoms. The number of aromatic nitrogens is 1. The molecule has 2 aromatic carbocycles. The highest BCUT2D eigenvalue weighted by Gasteiger charge is 2.17. The number of nitrogens with one attached hydrogen (secondary N) is 1. The first-order valence-corrected chi connectivity index (χ1v) is 9.13. The quantitative estimate of drug-likeness (QED) is 0.641. The molecule has 0 atom stereocenters. The number of hydrogen-bond donors (Lipinski definition) is 1. The molecule has 1 amide bonds. The van der Waals surface area contributed by atoms with Crippen LogP contribution in [0.1, 0.15) is 27.2 Å². The van der Waals surface area contributed by atoms with Gasteiger partial charge in [-0.05, 0) is 43.2 Å². The standard InChI is InChI=1S/C21H20N2OS/c1-15-13-16(2)22-21(25-14-17-9-5-3-6-10-17)19(15)20(24)23-18-11-7-4-8-12-18/h3-13H,14H2,1-2H3,(H,23,24). The van der Waals surface area contributed by atoms with Gasteiger partial charge < -0.3 is 5.32 Å². The van der Waals surface area contributed by atoms with Gasteiger partial charge in [0.25, 0.3) is 5.91 Å². The van der Waals surface area contributed by atoms with Crippen LogP contribution in [-0.2, 0) is 5.75 Å². The molecule has 3 aromatic rings. The van der Waals surface area contributed by atoms with Gasteiger partial charge in [-0.15, -0.1) is 11.8 Å². The van der Waals surface area contributed by atoms with Crippen molar-refractivity contribution in [1.82, 2.24) is 4.98 Å². The maximum Gasteiger partial charge on any atom is 0.258 e. The lowest BCUT2D eigenvalue weighted by Gasteiger charge is -2.13. The van der Waals surface area contributed by atoms with Gasteiger partial charge in [0, 0.05) is 17.1 Å². The van der Waals surface area contributed by atoms with Crippen LogP contribution < -0.4 is 5.32 Å². The lowest BCUT2D eigenvalue weighted by molar-refractivity contribution is 0.102. The summed E-state index contributed by atoms with van der Waals surface area (Å²) < 4.78 is 0. The molecule has 0 fully saturated rings. The smallest absolute Gasteiger partial charge is 0.258 e. The molecule has 0 saturated carbocycles. The molecule has 0 spiro atoms. The predicted molar refractivity (Wildman–Crippen MR) is 104 cm³/mol. The Balaban J connectivity index is 1.85. The van der Waals surface area contributed by atoms with Crippen molar-refractivity contribution in [3.05, 3.63) is 89.1 Å². The van der Waals surface area contributed by atoms with Crippen LogP contribution in [0.2, 0.25) is 0 Å². The Morgan fingerprint density at radius 3 is 2.32 bits per heavy atom. The van der Waals surface area contributed by atoms with E-state index in [9.17, 15) is 4.79 Å². The molecule has 4 heteroatoms. The third-order valence-electron chi connectivity index (χ3n) is 3.79. The number of thioether (sulfide) groups is 1. The molecular weight excluding hydrogens is 328 g/mol. The molecule has 0 aliphatic heterocycles. The summed E-state index contributed by atoms with van der Waals surface area (Å²) in [6, 6.07) is 21.7. The van der Waals surface area contributed by atoms with E-state index in [1.54, 1.807) is 11.8 Å². The minimum absolute atomic E-state index is 0.119. The van der Waals surface area contributed by atoms with Crippen molar-refractivity contribution >= 4 is 23.4 Å². The molecule has 25 heavy (non-hydrogen) atoms. The van der Waals surface area contributed by atoms with E-state index < -0.39 is 0 Å². The molecule has 0 aliphatic carbocycles. The first-order chi connectivity index (χ1) is 12.1. The Kier molecular flexibility index (Phi) is 5.51. The first kappa shape index (κ1) is 17.2. The van der Waals surface area contributed by atoms with Crippen LogP contribution in [0.25, 0.3) is 0 Å². The lowest BCUT2D eigenvalue weighted by atomic mass is 10.1. The van der Waals surface area contributed by atoms with Gasteiger partial charge in [-0.2, -0.15) is 0 Å². The summed E-state index contributed by atoms with van der Waals surface area (Å²) in [4.78, 5) is 17.4. The Morgan fingerprint density at radius 2 is 1.64 bits per heavy atom. The summed E-state index contributed by atoms with van der Waals surface area (Å²) in [5.41, 5.74) is 4.51. The molecule has 0 saturated heterocycles. The fourth-order valence-electron chi connectivity index (χ4n) is 2.62. The van der Waals surface area contributed by atoms with Crippen molar-refractivity contribution in [2.24, 2.45) is 0 Å². The Hall–Kier alpha value is -2.59. The van der Waals surface area contributed by atoms with Crippen molar-refractivity contribution in [2.75, 3.05) is 5.32 Å². The maximum absolute atomic E-state index is 12.8. The van der Waals surface area contributed by atoms with E-state index in [2.05, 4.69) is 22.4 Å². The molecule has 1 heterocycles. The summed E-state index contributed by atoms with van der Waals surface area (Å²) in [7, 11) is 0. The summed E-state index contributed by atoms with van der Waals surface area (Å²) in [6.07, 6.45) is 0. The number of hydrogen-bond acceptors (Lipinski definition) is 3. The van der Waals surface area contributed by atoms with Crippen LogP contribution in [0.3, 0.4) is 0 Å². The van der Waals surface area contributed by atoms with Crippen LogP contribution in [0.5, 0.6) is 0 Å². The molecule has 1 aromatic heterocycles. The normalized spacial score (nSPS) is 10.5. The number of para-hydroxylation sites is 1. The topological polar surface area (TPSA) is 42.0 Å². The number of pyridine rings is 1. The second-order valence-corrected chi connectivity index (χ2v) is 6.82. The van der Waals surface area contributed by atoms with E-state index >= 15 is 0 Å². The summed E-state index contributed by atoms with van der Waals surface area (Å²) >= 11 is 1.60. The van der Waals surface area contributed by atoms with Crippen LogP contribution in [-0.4, -0.2) is 10.9 Å². The van der Waals surface area contributed by atoms with Crippen LogP contribution in [0.4, 0.5) is 5.69 Å². The van der Waals surface area contributed by atoms with Gasteiger partial charge in [-0.25, -0.2) is 4.98 Å². The predicted octanol–water partition coefficient (Wildman–Crippen LogP) is 5.24. The zero-order valence-electron chi connectivity index (χ0n) is 14.3. The second kappa shape index (κ2) is 7.99. The number of nitrogens with zero attached hydrogens (tertiary/aromatic N) is 1. The van der Waals surface area contributed by atoms with E-state index in [1.807, 2.05) is 68.4 Å². The average Bonchev–Trinajstić information content (AvgIpc) is 2.61. The van der Waals surface area contributed by atoms with Gasteiger partial charge in [0.15, 0.2) is 0 Å². The highest BCUT2D eigenvalue weighted by atomic mass is 32.2. The van der Waals surface area contributed by atoms with Crippen LogP contribution >= 0.6 is 11.8 Å². The minimum atomic E-state index is -0.119. The minimum Gasteiger partial charge on any atom is -0.322 e. The fourth-order valence-corrected chi connectivity index (χ4v) is 3.73. The maximum atomic E-state index is 12.8. The molecule has 3 rings (SSSR count). The lowest BCUT2D eigenvalue weighted by Crippen LogP contribution is -2.16. The highest BCUT2D eigenvalue weighted by molar-refractivity contribution is 7.98. The number of rotatable bonds is 5. The van der Waals surface area contributed by atoms with Crippen molar-refractivity contribution < 1.29 is 4.79 Å². The third-order valence-corrected chi connectivity index (χ3v) is 4.84. The van der Waals surface area contributed by atoms with Crippen LogP contribution in [0, 0.1) is 13.8 Å². The van der Waals surface area contributed by atoms with Gasteiger partial charge in [0.05, 0.1) is 5.56 Å². The molecule has 0 aliphatic rings. The van der Waals surface area contributed by atoms with Gasteiger partial charge in [-0.1, -0.05) is 48.5 Å². The van der Waals surface area contributed by atoms with E-state index in [-0.39, 0.29) is 5.91 Å². The number of anilines is 1. The van der Waals surface area contributed by atoms with E-state index in [0.29, 0.717) is 5.56 Å². The molecule has 1 N–H and O–H groups in total. The summed E-state index contributed by atoms with van der Waals surface area (Å²) in [5.74, 6) is 0.661. The van der Waals surface area contributed by atoms with Gasteiger partial charge in [0.1, 0.15) is 5.03 Å². The SMILES string of the molecule is Cc1cc(C)c(C(=O)Nc2ccccc2)c(SCc2ccccc2)n1. The Labute approximate surface area is 152 Å². The zero-order valence-corrected chi connectivity index (χ0v) is 15.1. The molecular formula is C21H20N2OS. The van der Waals surface area contributed by atoms with Crippen molar-refractivity contribution in [3.63, 3.8) is 0 Å². The number of carbonyl (C=O) groups excluding carboxylic acids is 1. The zero-order chi connectivity index (χ0) is 17.6. The van der Waals surface area contributed by atoms with E-state index in [0.717, 1.165) is 27.7 Å². The van der Waals surface area contributed by atoms with E-state index in [4.69, 9.17) is 0 Å².